The van der Waals surface area contributed by atoms with Crippen LogP contribution in [0.4, 0.5) is 5.69 Å². The molecular formula is C24H27ClN4O4. The molecule has 2 aliphatic rings. The van der Waals surface area contributed by atoms with Gasteiger partial charge in [-0.25, -0.2) is 4.99 Å². The number of carbonyl (C=O) groups excluding carboxylic acids is 2. The van der Waals surface area contributed by atoms with Crippen molar-refractivity contribution in [2.24, 2.45) is 10.9 Å². The lowest BCUT2D eigenvalue weighted by molar-refractivity contribution is -0.153. The Morgan fingerprint density at radius 2 is 1.85 bits per heavy atom. The van der Waals surface area contributed by atoms with Gasteiger partial charge < -0.3 is 19.3 Å². The zero-order valence-electron chi connectivity index (χ0n) is 18.7. The molecule has 4 rings (SSSR count). The molecule has 1 saturated heterocycles. The normalized spacial score (nSPS) is 20.7. The molecule has 2 atom stereocenters. The molecule has 8 nitrogen and oxygen atoms in total. The Balaban J connectivity index is 1.55. The first-order valence-corrected chi connectivity index (χ1v) is 11.3. The molecule has 0 radical (unpaired) electrons. The van der Waals surface area contributed by atoms with Gasteiger partial charge in [0.1, 0.15) is 11.8 Å². The van der Waals surface area contributed by atoms with Crippen LogP contribution in [0.2, 0.25) is 5.02 Å². The average molecular weight is 471 g/mol. The van der Waals surface area contributed by atoms with Crippen molar-refractivity contribution >= 4 is 35.1 Å². The number of aliphatic imine (C=N–C) groups is 1. The number of methoxy groups -OCH3 is 1. The smallest absolute Gasteiger partial charge is 0.321 e. The van der Waals surface area contributed by atoms with E-state index in [1.165, 1.54) is 0 Å². The van der Waals surface area contributed by atoms with Crippen LogP contribution in [0.1, 0.15) is 18.5 Å². The summed E-state index contributed by atoms with van der Waals surface area (Å²) in [6.07, 6.45) is 0. The minimum atomic E-state index is -1.06. The molecule has 174 valence electrons. The van der Waals surface area contributed by atoms with E-state index in [1.807, 2.05) is 29.2 Å². The van der Waals surface area contributed by atoms with Crippen molar-refractivity contribution in [2.45, 2.75) is 13.0 Å². The monoisotopic (exact) mass is 470 g/mol. The van der Waals surface area contributed by atoms with Gasteiger partial charge >= 0.3 is 5.97 Å². The lowest BCUT2D eigenvalue weighted by atomic mass is 9.91. The molecule has 2 heterocycles. The first-order chi connectivity index (χ1) is 16.0. The number of nitrogens with one attached hydrogen (secondary N) is 1. The highest BCUT2D eigenvalue weighted by Gasteiger charge is 2.42. The number of ether oxygens (including phenoxy) is 2. The predicted octanol–water partition coefficient (Wildman–Crippen LogP) is 2.88. The van der Waals surface area contributed by atoms with E-state index < -0.39 is 23.8 Å². The van der Waals surface area contributed by atoms with Crippen molar-refractivity contribution in [2.75, 3.05) is 44.8 Å². The highest BCUT2D eigenvalue weighted by atomic mass is 35.5. The van der Waals surface area contributed by atoms with Crippen molar-refractivity contribution in [3.05, 3.63) is 59.1 Å². The van der Waals surface area contributed by atoms with Crippen LogP contribution < -0.4 is 15.0 Å². The number of halogens is 1. The number of benzene rings is 2. The number of rotatable bonds is 5. The van der Waals surface area contributed by atoms with Crippen LogP contribution >= 0.6 is 11.6 Å². The lowest BCUT2D eigenvalue weighted by Gasteiger charge is -2.39. The van der Waals surface area contributed by atoms with Crippen LogP contribution in [0.5, 0.6) is 5.75 Å². The second-order valence-electron chi connectivity index (χ2n) is 7.85. The highest BCUT2D eigenvalue weighted by molar-refractivity contribution is 6.30. The van der Waals surface area contributed by atoms with Crippen molar-refractivity contribution in [3.63, 3.8) is 0 Å². The van der Waals surface area contributed by atoms with E-state index in [9.17, 15) is 9.59 Å². The van der Waals surface area contributed by atoms with Crippen molar-refractivity contribution in [3.8, 4) is 5.75 Å². The number of hydrogen-bond donors (Lipinski definition) is 1. The zero-order valence-corrected chi connectivity index (χ0v) is 19.4. The molecule has 0 aliphatic carbocycles. The summed E-state index contributed by atoms with van der Waals surface area (Å²) in [5, 5.41) is 3.35. The molecule has 0 saturated carbocycles. The van der Waals surface area contributed by atoms with Crippen LogP contribution in [0.25, 0.3) is 0 Å². The van der Waals surface area contributed by atoms with Gasteiger partial charge in [-0.15, -0.1) is 0 Å². The predicted molar refractivity (Wildman–Crippen MR) is 127 cm³/mol. The van der Waals surface area contributed by atoms with Gasteiger partial charge in [0, 0.05) is 43.0 Å². The SMILES string of the molecule is CCOC(=O)[C@@H]1C(=O)NC(N2CCN(c3cccc(OC)c3)CC2)=N[C@H]1c1cccc(Cl)c1. The van der Waals surface area contributed by atoms with Crippen LogP contribution in [0, 0.1) is 5.92 Å². The summed E-state index contributed by atoms with van der Waals surface area (Å²) < 4.78 is 10.5. The van der Waals surface area contributed by atoms with E-state index in [-0.39, 0.29) is 6.61 Å². The maximum Gasteiger partial charge on any atom is 0.321 e. The second kappa shape index (κ2) is 10.1. The Labute approximate surface area is 198 Å². The number of anilines is 1. The standard InChI is InChI=1S/C24H27ClN4O4/c1-3-33-23(31)20-21(16-6-4-7-17(25)14-16)26-24(27-22(20)30)29-12-10-28(11-13-29)18-8-5-9-19(15-18)32-2/h4-9,14-15,20-21H,3,10-13H2,1-2H3,(H,26,27,30)/t20-,21-/m0/s1. The summed E-state index contributed by atoms with van der Waals surface area (Å²) in [4.78, 5) is 34.7. The Morgan fingerprint density at radius 1 is 1.12 bits per heavy atom. The third-order valence-electron chi connectivity index (χ3n) is 5.82. The number of guanidine groups is 1. The van der Waals surface area contributed by atoms with E-state index in [0.29, 0.717) is 29.6 Å². The van der Waals surface area contributed by atoms with Gasteiger partial charge in [0.2, 0.25) is 11.9 Å². The second-order valence-corrected chi connectivity index (χ2v) is 8.28. The lowest BCUT2D eigenvalue weighted by Crippen LogP contribution is -2.57. The topological polar surface area (TPSA) is 83.5 Å². The van der Waals surface area contributed by atoms with E-state index in [1.54, 1.807) is 32.2 Å². The minimum Gasteiger partial charge on any atom is -0.497 e. The van der Waals surface area contributed by atoms with E-state index in [4.69, 9.17) is 26.1 Å². The summed E-state index contributed by atoms with van der Waals surface area (Å²) in [5.41, 5.74) is 1.78. The molecule has 2 aromatic rings. The molecule has 0 bridgehead atoms. The van der Waals surface area contributed by atoms with Crippen LogP contribution in [-0.4, -0.2) is 62.6 Å². The van der Waals surface area contributed by atoms with Gasteiger partial charge in [0.05, 0.1) is 13.7 Å². The molecule has 1 N–H and O–H groups in total. The Morgan fingerprint density at radius 3 is 2.55 bits per heavy atom. The number of esters is 1. The van der Waals surface area contributed by atoms with Gasteiger partial charge in [-0.1, -0.05) is 29.8 Å². The third kappa shape index (κ3) is 5.06. The average Bonchev–Trinajstić information content (AvgIpc) is 2.83. The van der Waals surface area contributed by atoms with Gasteiger partial charge in [0.15, 0.2) is 5.92 Å². The summed E-state index contributed by atoms with van der Waals surface area (Å²) in [7, 11) is 1.65. The molecule has 0 aromatic heterocycles. The number of nitrogens with zero attached hydrogens (tertiary/aromatic N) is 3. The van der Waals surface area contributed by atoms with Crippen LogP contribution in [0.15, 0.2) is 53.5 Å². The van der Waals surface area contributed by atoms with Crippen molar-refractivity contribution < 1.29 is 19.1 Å². The van der Waals surface area contributed by atoms with Gasteiger partial charge in [-0.05, 0) is 36.8 Å². The molecule has 1 amide bonds. The number of carbonyl (C=O) groups is 2. The summed E-state index contributed by atoms with van der Waals surface area (Å²) in [6, 6.07) is 14.3. The van der Waals surface area contributed by atoms with Gasteiger partial charge in [-0.2, -0.15) is 0 Å². The van der Waals surface area contributed by atoms with E-state index >= 15 is 0 Å². The molecule has 0 unspecified atom stereocenters. The van der Waals surface area contributed by atoms with Crippen molar-refractivity contribution in [1.82, 2.24) is 10.2 Å². The summed E-state index contributed by atoms with van der Waals surface area (Å²) in [6.45, 7) is 4.75. The van der Waals surface area contributed by atoms with E-state index in [0.717, 1.165) is 24.5 Å². The fraction of sp³-hybridized carbons (Fsp3) is 0.375. The first-order valence-electron chi connectivity index (χ1n) is 10.9. The molecule has 1 fully saturated rings. The molecular weight excluding hydrogens is 444 g/mol. The van der Waals surface area contributed by atoms with Crippen molar-refractivity contribution in [1.29, 1.82) is 0 Å². The minimum absolute atomic E-state index is 0.188. The van der Waals surface area contributed by atoms with Gasteiger partial charge in [-0.3, -0.25) is 14.9 Å². The zero-order chi connectivity index (χ0) is 23.4. The molecule has 0 spiro atoms. The Hall–Kier alpha value is -3.26. The molecule has 9 heteroatoms. The van der Waals surface area contributed by atoms with Crippen LogP contribution in [0.3, 0.4) is 0 Å². The fourth-order valence-corrected chi connectivity index (χ4v) is 4.34. The number of hydrogen-bond acceptors (Lipinski definition) is 7. The summed E-state index contributed by atoms with van der Waals surface area (Å²) >= 11 is 6.18. The van der Waals surface area contributed by atoms with Gasteiger partial charge in [0.25, 0.3) is 0 Å². The first kappa shape index (κ1) is 22.9. The maximum atomic E-state index is 13.0. The Kier molecular flexibility index (Phi) is 7.03. The molecule has 33 heavy (non-hydrogen) atoms. The molecule has 2 aromatic carbocycles. The Bertz CT molecular complexity index is 1050. The fourth-order valence-electron chi connectivity index (χ4n) is 4.14. The summed E-state index contributed by atoms with van der Waals surface area (Å²) in [5.74, 6) is -0.793. The highest BCUT2D eigenvalue weighted by Crippen LogP contribution is 2.32. The molecule has 2 aliphatic heterocycles. The number of amides is 1. The van der Waals surface area contributed by atoms with E-state index in [2.05, 4.69) is 16.3 Å². The quantitative estimate of drug-likeness (QED) is 0.534. The number of piperazine rings is 1. The third-order valence-corrected chi connectivity index (χ3v) is 6.06. The maximum absolute atomic E-state index is 13.0. The van der Waals surface area contributed by atoms with Crippen LogP contribution in [-0.2, 0) is 14.3 Å². The largest absolute Gasteiger partial charge is 0.497 e.